The molecule has 0 aromatic carbocycles. The summed E-state index contributed by atoms with van der Waals surface area (Å²) in [6, 6.07) is 1.48. The lowest BCUT2D eigenvalue weighted by molar-refractivity contribution is 0.0959. The van der Waals surface area contributed by atoms with Crippen LogP contribution in [-0.2, 0) is 10.0 Å². The molecule has 0 saturated carbocycles. The minimum absolute atomic E-state index is 0.217. The van der Waals surface area contributed by atoms with Crippen LogP contribution in [0, 0.1) is 5.92 Å². The molecule has 20 heavy (non-hydrogen) atoms. The number of carbonyl (C=O) groups excluding carboxylic acids is 1. The van der Waals surface area contributed by atoms with Gasteiger partial charge in [0.1, 0.15) is 0 Å². The van der Waals surface area contributed by atoms with Crippen molar-refractivity contribution in [2.24, 2.45) is 5.92 Å². The van der Waals surface area contributed by atoms with Crippen LogP contribution in [0.4, 0.5) is 0 Å². The Kier molecular flexibility index (Phi) is 4.82. The van der Waals surface area contributed by atoms with E-state index in [0.29, 0.717) is 30.4 Å². The van der Waals surface area contributed by atoms with Crippen LogP contribution in [0.5, 0.6) is 0 Å². The minimum atomic E-state index is -3.46. The molecule has 2 heterocycles. The number of piperidine rings is 1. The van der Waals surface area contributed by atoms with Crippen LogP contribution in [0.2, 0.25) is 0 Å². The van der Waals surface area contributed by atoms with E-state index >= 15 is 0 Å². The third-order valence-corrected chi connectivity index (χ3v) is 6.32. The SMILES string of the molecule is CCNC(=O)c1cc(S(=O)(=O)N2CCCC(C)C2)cs1. The highest BCUT2D eigenvalue weighted by molar-refractivity contribution is 7.89. The largest absolute Gasteiger partial charge is 0.352 e. The molecule has 7 heteroatoms. The third kappa shape index (κ3) is 3.21. The Balaban J connectivity index is 2.19. The Bertz CT molecular complexity index is 580. The van der Waals surface area contributed by atoms with Gasteiger partial charge in [-0.2, -0.15) is 4.31 Å². The predicted octanol–water partition coefficient (Wildman–Crippen LogP) is 1.92. The zero-order chi connectivity index (χ0) is 14.8. The lowest BCUT2D eigenvalue weighted by atomic mass is 10.0. The molecular formula is C13H20N2O3S2. The first-order chi connectivity index (χ1) is 9.45. The number of sulfonamides is 1. The summed E-state index contributed by atoms with van der Waals surface area (Å²) in [5, 5.41) is 4.23. The fourth-order valence-corrected chi connectivity index (χ4v) is 5.11. The predicted molar refractivity (Wildman–Crippen MR) is 79.5 cm³/mol. The van der Waals surface area contributed by atoms with Crippen LogP contribution < -0.4 is 5.32 Å². The molecule has 1 saturated heterocycles. The van der Waals surface area contributed by atoms with Gasteiger partial charge in [0.2, 0.25) is 10.0 Å². The molecule has 0 spiro atoms. The Morgan fingerprint density at radius 1 is 1.55 bits per heavy atom. The van der Waals surface area contributed by atoms with Gasteiger partial charge in [0.05, 0.1) is 9.77 Å². The molecule has 0 bridgehead atoms. The zero-order valence-corrected chi connectivity index (χ0v) is 13.4. The molecule has 1 aromatic rings. The van der Waals surface area contributed by atoms with Crippen LogP contribution in [0.3, 0.4) is 0 Å². The lowest BCUT2D eigenvalue weighted by Crippen LogP contribution is -2.38. The first-order valence-corrected chi connectivity index (χ1v) is 9.14. The summed E-state index contributed by atoms with van der Waals surface area (Å²) in [5.74, 6) is 0.172. The molecule has 0 aliphatic carbocycles. The van der Waals surface area contributed by atoms with Crippen LogP contribution in [0.1, 0.15) is 36.4 Å². The van der Waals surface area contributed by atoms with Gasteiger partial charge in [-0.05, 0) is 31.7 Å². The number of rotatable bonds is 4. The van der Waals surface area contributed by atoms with Gasteiger partial charge in [0.25, 0.3) is 5.91 Å². The summed E-state index contributed by atoms with van der Waals surface area (Å²) in [4.78, 5) is 12.4. The second-order valence-corrected chi connectivity index (χ2v) is 7.97. The Hall–Kier alpha value is -0.920. The maximum atomic E-state index is 12.5. The highest BCUT2D eigenvalue weighted by Crippen LogP contribution is 2.26. The number of hydrogen-bond donors (Lipinski definition) is 1. The molecule has 112 valence electrons. The highest BCUT2D eigenvalue weighted by Gasteiger charge is 2.29. The molecule has 1 unspecified atom stereocenters. The van der Waals surface area contributed by atoms with E-state index in [9.17, 15) is 13.2 Å². The Morgan fingerprint density at radius 2 is 2.30 bits per heavy atom. The van der Waals surface area contributed by atoms with E-state index < -0.39 is 10.0 Å². The molecular weight excluding hydrogens is 296 g/mol. The number of hydrogen-bond acceptors (Lipinski definition) is 4. The van der Waals surface area contributed by atoms with Crippen molar-refractivity contribution in [3.63, 3.8) is 0 Å². The standard InChI is InChI=1S/C13H20N2O3S2/c1-3-14-13(16)12-7-11(9-19-12)20(17,18)15-6-4-5-10(2)8-15/h7,9-10H,3-6,8H2,1-2H3,(H,14,16). The monoisotopic (exact) mass is 316 g/mol. The molecule has 1 aromatic heterocycles. The van der Waals surface area contributed by atoms with Gasteiger partial charge in [-0.1, -0.05) is 6.92 Å². The van der Waals surface area contributed by atoms with Crippen molar-refractivity contribution in [1.82, 2.24) is 9.62 Å². The second-order valence-electron chi connectivity index (χ2n) is 5.12. The van der Waals surface area contributed by atoms with Gasteiger partial charge in [-0.15, -0.1) is 11.3 Å². The number of amides is 1. The van der Waals surface area contributed by atoms with Crippen LogP contribution >= 0.6 is 11.3 Å². The topological polar surface area (TPSA) is 66.5 Å². The maximum absolute atomic E-state index is 12.5. The van der Waals surface area contributed by atoms with Crippen molar-refractivity contribution >= 4 is 27.3 Å². The van der Waals surface area contributed by atoms with Crippen LogP contribution in [-0.4, -0.2) is 38.3 Å². The molecule has 5 nitrogen and oxygen atoms in total. The van der Waals surface area contributed by atoms with Crippen molar-refractivity contribution in [2.45, 2.75) is 31.6 Å². The highest BCUT2D eigenvalue weighted by atomic mass is 32.2. The summed E-state index contributed by atoms with van der Waals surface area (Å²) in [6.45, 7) is 5.56. The van der Waals surface area contributed by atoms with E-state index in [-0.39, 0.29) is 10.8 Å². The molecule has 1 atom stereocenters. The minimum Gasteiger partial charge on any atom is -0.352 e. The van der Waals surface area contributed by atoms with Crippen molar-refractivity contribution in [2.75, 3.05) is 19.6 Å². The molecule has 0 radical (unpaired) electrons. The van der Waals surface area contributed by atoms with Gasteiger partial charge in [0.15, 0.2) is 0 Å². The Labute approximate surface area is 124 Å². The van der Waals surface area contributed by atoms with E-state index in [0.717, 1.165) is 12.8 Å². The summed E-state index contributed by atoms with van der Waals surface area (Å²) >= 11 is 1.17. The molecule has 1 aliphatic heterocycles. The average molecular weight is 316 g/mol. The summed E-state index contributed by atoms with van der Waals surface area (Å²) in [6.07, 6.45) is 1.97. The first-order valence-electron chi connectivity index (χ1n) is 6.82. The number of thiophene rings is 1. The maximum Gasteiger partial charge on any atom is 0.261 e. The zero-order valence-electron chi connectivity index (χ0n) is 11.8. The molecule has 1 fully saturated rings. The van der Waals surface area contributed by atoms with Crippen molar-refractivity contribution in [3.8, 4) is 0 Å². The summed E-state index contributed by atoms with van der Waals surface area (Å²) < 4.78 is 26.6. The quantitative estimate of drug-likeness (QED) is 0.923. The van der Waals surface area contributed by atoms with Gasteiger partial charge >= 0.3 is 0 Å². The van der Waals surface area contributed by atoms with E-state index in [1.807, 2.05) is 6.92 Å². The number of nitrogens with zero attached hydrogens (tertiary/aromatic N) is 1. The molecule has 1 N–H and O–H groups in total. The van der Waals surface area contributed by atoms with Gasteiger partial charge in [-0.3, -0.25) is 4.79 Å². The van der Waals surface area contributed by atoms with Gasteiger partial charge in [-0.25, -0.2) is 8.42 Å². The van der Waals surface area contributed by atoms with Crippen molar-refractivity contribution in [3.05, 3.63) is 16.3 Å². The van der Waals surface area contributed by atoms with E-state index in [1.54, 1.807) is 5.38 Å². The number of carbonyl (C=O) groups is 1. The third-order valence-electron chi connectivity index (χ3n) is 3.39. The molecule has 2 rings (SSSR count). The average Bonchev–Trinajstić information content (AvgIpc) is 2.89. The molecule has 1 aliphatic rings. The normalized spacial score (nSPS) is 20.8. The van der Waals surface area contributed by atoms with Gasteiger partial charge in [0, 0.05) is 25.0 Å². The fourth-order valence-electron chi connectivity index (χ4n) is 2.33. The van der Waals surface area contributed by atoms with Crippen LogP contribution in [0.25, 0.3) is 0 Å². The fraction of sp³-hybridized carbons (Fsp3) is 0.615. The van der Waals surface area contributed by atoms with E-state index in [2.05, 4.69) is 12.2 Å². The van der Waals surface area contributed by atoms with Crippen molar-refractivity contribution < 1.29 is 13.2 Å². The second kappa shape index (κ2) is 6.24. The smallest absolute Gasteiger partial charge is 0.261 e. The van der Waals surface area contributed by atoms with Gasteiger partial charge < -0.3 is 5.32 Å². The lowest BCUT2D eigenvalue weighted by Gasteiger charge is -2.29. The summed E-state index contributed by atoms with van der Waals surface area (Å²) in [5.41, 5.74) is 0. The van der Waals surface area contributed by atoms with E-state index in [1.165, 1.54) is 21.7 Å². The number of nitrogens with one attached hydrogen (secondary N) is 1. The van der Waals surface area contributed by atoms with E-state index in [4.69, 9.17) is 0 Å². The molecule has 1 amide bonds. The Morgan fingerprint density at radius 3 is 2.95 bits per heavy atom. The van der Waals surface area contributed by atoms with Crippen LogP contribution in [0.15, 0.2) is 16.3 Å². The summed E-state index contributed by atoms with van der Waals surface area (Å²) in [7, 11) is -3.46. The first kappa shape index (κ1) is 15.5. The van der Waals surface area contributed by atoms with Crippen molar-refractivity contribution in [1.29, 1.82) is 0 Å².